The summed E-state index contributed by atoms with van der Waals surface area (Å²) in [5.41, 5.74) is 9.32. The van der Waals surface area contributed by atoms with Gasteiger partial charge in [-0.25, -0.2) is 0 Å². The van der Waals surface area contributed by atoms with E-state index in [9.17, 15) is 4.79 Å². The van der Waals surface area contributed by atoms with Crippen molar-refractivity contribution in [3.05, 3.63) is 69.1 Å². The lowest BCUT2D eigenvalue weighted by molar-refractivity contribution is 0.952. The molecule has 0 aliphatic heterocycles. The van der Waals surface area contributed by atoms with Crippen molar-refractivity contribution in [1.29, 1.82) is 0 Å². The van der Waals surface area contributed by atoms with E-state index in [4.69, 9.17) is 5.73 Å². The lowest BCUT2D eigenvalue weighted by Gasteiger charge is -2.08. The highest BCUT2D eigenvalue weighted by molar-refractivity contribution is 5.32. The summed E-state index contributed by atoms with van der Waals surface area (Å²) in [6, 6.07) is 12.1. The molecule has 0 saturated carbocycles. The second-order valence-corrected chi connectivity index (χ2v) is 4.15. The van der Waals surface area contributed by atoms with E-state index in [1.165, 1.54) is 5.56 Å². The molecule has 0 unspecified atom stereocenters. The molecule has 0 aliphatic carbocycles. The molecule has 0 saturated heterocycles. The fraction of sp³-hybridized carbons (Fsp3) is 0.214. The fourth-order valence-corrected chi connectivity index (χ4v) is 1.98. The van der Waals surface area contributed by atoms with Crippen molar-refractivity contribution in [3.8, 4) is 0 Å². The van der Waals surface area contributed by atoms with Crippen molar-refractivity contribution in [3.63, 3.8) is 0 Å². The summed E-state index contributed by atoms with van der Waals surface area (Å²) in [5.74, 6) is 0. The second-order valence-electron chi connectivity index (χ2n) is 4.15. The summed E-state index contributed by atoms with van der Waals surface area (Å²) in [6.45, 7) is 2.16. The average Bonchev–Trinajstić information content (AvgIpc) is 2.30. The van der Waals surface area contributed by atoms with Gasteiger partial charge in [-0.2, -0.15) is 0 Å². The summed E-state index contributed by atoms with van der Waals surface area (Å²) >= 11 is 0. The summed E-state index contributed by atoms with van der Waals surface area (Å²) < 4.78 is 0. The zero-order valence-electron chi connectivity index (χ0n) is 9.86. The number of pyridine rings is 1. The molecule has 1 aromatic heterocycles. The highest BCUT2D eigenvalue weighted by Crippen LogP contribution is 2.12. The predicted molar refractivity (Wildman–Crippen MR) is 68.9 cm³/mol. The zero-order valence-corrected chi connectivity index (χ0v) is 9.86. The Balaban J connectivity index is 2.42. The lowest BCUT2D eigenvalue weighted by atomic mass is 10.0. The largest absolute Gasteiger partial charge is 0.326 e. The molecular weight excluding hydrogens is 212 g/mol. The van der Waals surface area contributed by atoms with Gasteiger partial charge in [0, 0.05) is 17.8 Å². The van der Waals surface area contributed by atoms with E-state index in [-0.39, 0.29) is 12.1 Å². The molecule has 3 N–H and O–H groups in total. The van der Waals surface area contributed by atoms with Gasteiger partial charge in [0.1, 0.15) is 0 Å². The predicted octanol–water partition coefficient (Wildman–Crippen LogP) is 1.73. The van der Waals surface area contributed by atoms with Crippen LogP contribution < -0.4 is 11.3 Å². The van der Waals surface area contributed by atoms with Gasteiger partial charge in [-0.05, 0) is 30.5 Å². The van der Waals surface area contributed by atoms with E-state index < -0.39 is 0 Å². The van der Waals surface area contributed by atoms with E-state index in [2.05, 4.69) is 17.1 Å². The van der Waals surface area contributed by atoms with Crippen LogP contribution in [0.3, 0.4) is 0 Å². The third-order valence-corrected chi connectivity index (χ3v) is 2.80. The number of hydrogen-bond acceptors (Lipinski definition) is 2. The number of aromatic nitrogens is 1. The maximum atomic E-state index is 11.7. The van der Waals surface area contributed by atoms with Crippen molar-refractivity contribution >= 4 is 0 Å². The first kappa shape index (κ1) is 11.6. The summed E-state index contributed by atoms with van der Waals surface area (Å²) in [4.78, 5) is 14.5. The van der Waals surface area contributed by atoms with Gasteiger partial charge in [0.2, 0.25) is 0 Å². The van der Waals surface area contributed by atoms with E-state index in [1.54, 1.807) is 0 Å². The Kier molecular flexibility index (Phi) is 3.40. The van der Waals surface area contributed by atoms with Gasteiger partial charge < -0.3 is 10.7 Å². The SMILES string of the molecule is Cc1cc(Cc2ccccc2)c(CN)c(=O)[nH]1. The maximum Gasteiger partial charge on any atom is 0.252 e. The van der Waals surface area contributed by atoms with Crippen molar-refractivity contribution < 1.29 is 0 Å². The fourth-order valence-electron chi connectivity index (χ4n) is 1.98. The van der Waals surface area contributed by atoms with Gasteiger partial charge >= 0.3 is 0 Å². The van der Waals surface area contributed by atoms with Gasteiger partial charge in [0.05, 0.1) is 0 Å². The Morgan fingerprint density at radius 2 is 1.94 bits per heavy atom. The molecular formula is C14H16N2O. The molecule has 3 nitrogen and oxygen atoms in total. The molecule has 1 aromatic carbocycles. The Morgan fingerprint density at radius 1 is 1.24 bits per heavy atom. The summed E-state index contributed by atoms with van der Waals surface area (Å²) in [7, 11) is 0. The molecule has 17 heavy (non-hydrogen) atoms. The molecule has 0 spiro atoms. The first-order valence-corrected chi connectivity index (χ1v) is 5.66. The van der Waals surface area contributed by atoms with Gasteiger partial charge in [0.25, 0.3) is 5.56 Å². The normalized spacial score (nSPS) is 10.5. The van der Waals surface area contributed by atoms with Crippen LogP contribution in [0.25, 0.3) is 0 Å². The molecule has 0 bridgehead atoms. The highest BCUT2D eigenvalue weighted by Gasteiger charge is 2.07. The van der Waals surface area contributed by atoms with E-state index >= 15 is 0 Å². The van der Waals surface area contributed by atoms with Gasteiger partial charge in [-0.15, -0.1) is 0 Å². The van der Waals surface area contributed by atoms with Crippen LogP contribution in [0, 0.1) is 6.92 Å². The van der Waals surface area contributed by atoms with Crippen LogP contribution in [0.1, 0.15) is 22.4 Å². The summed E-state index contributed by atoms with van der Waals surface area (Å²) in [5, 5.41) is 0. The number of hydrogen-bond donors (Lipinski definition) is 2. The molecule has 3 heteroatoms. The minimum absolute atomic E-state index is 0.0709. The van der Waals surface area contributed by atoms with Crippen LogP contribution in [0.5, 0.6) is 0 Å². The third kappa shape index (κ3) is 2.63. The quantitative estimate of drug-likeness (QED) is 0.840. The minimum atomic E-state index is -0.0709. The topological polar surface area (TPSA) is 58.9 Å². The molecule has 0 fully saturated rings. The van der Waals surface area contributed by atoms with Crippen molar-refractivity contribution in [1.82, 2.24) is 4.98 Å². The second kappa shape index (κ2) is 4.97. The molecule has 2 rings (SSSR count). The van der Waals surface area contributed by atoms with Crippen LogP contribution >= 0.6 is 0 Å². The Bertz CT molecular complexity index is 558. The molecule has 0 radical (unpaired) electrons. The molecule has 0 atom stereocenters. The number of benzene rings is 1. The molecule has 88 valence electrons. The first-order valence-electron chi connectivity index (χ1n) is 5.66. The monoisotopic (exact) mass is 228 g/mol. The van der Waals surface area contributed by atoms with E-state index in [0.29, 0.717) is 5.56 Å². The number of H-pyrrole nitrogens is 1. The first-order chi connectivity index (χ1) is 8.20. The van der Waals surface area contributed by atoms with Crippen LogP contribution in [-0.4, -0.2) is 4.98 Å². The van der Waals surface area contributed by atoms with Crippen LogP contribution in [0.15, 0.2) is 41.2 Å². The molecule has 0 amide bonds. The Morgan fingerprint density at radius 3 is 2.59 bits per heavy atom. The van der Waals surface area contributed by atoms with Gasteiger partial charge in [-0.3, -0.25) is 4.79 Å². The van der Waals surface area contributed by atoms with E-state index in [1.807, 2.05) is 31.2 Å². The highest BCUT2D eigenvalue weighted by atomic mass is 16.1. The molecule has 0 aliphatic rings. The van der Waals surface area contributed by atoms with E-state index in [0.717, 1.165) is 17.7 Å². The van der Waals surface area contributed by atoms with Crippen molar-refractivity contribution in [2.75, 3.05) is 0 Å². The number of nitrogens with one attached hydrogen (secondary N) is 1. The Hall–Kier alpha value is -1.87. The average molecular weight is 228 g/mol. The van der Waals surface area contributed by atoms with Crippen molar-refractivity contribution in [2.24, 2.45) is 5.73 Å². The van der Waals surface area contributed by atoms with Crippen molar-refractivity contribution in [2.45, 2.75) is 19.9 Å². The summed E-state index contributed by atoms with van der Waals surface area (Å²) in [6.07, 6.45) is 0.748. The van der Waals surface area contributed by atoms with Crippen LogP contribution in [-0.2, 0) is 13.0 Å². The molecule has 1 heterocycles. The Labute approximate surface area is 100 Å². The smallest absolute Gasteiger partial charge is 0.252 e. The minimum Gasteiger partial charge on any atom is -0.326 e. The number of nitrogens with two attached hydrogens (primary N) is 1. The lowest BCUT2D eigenvalue weighted by Crippen LogP contribution is -2.20. The van der Waals surface area contributed by atoms with Gasteiger partial charge in [-0.1, -0.05) is 30.3 Å². The third-order valence-electron chi connectivity index (χ3n) is 2.80. The van der Waals surface area contributed by atoms with Crippen LogP contribution in [0.4, 0.5) is 0 Å². The number of aryl methyl sites for hydroxylation is 1. The molecule has 2 aromatic rings. The van der Waals surface area contributed by atoms with Gasteiger partial charge in [0.15, 0.2) is 0 Å². The number of aromatic amines is 1. The number of rotatable bonds is 3. The standard InChI is InChI=1S/C14H16N2O/c1-10-7-12(13(9-15)14(17)16-10)8-11-5-3-2-4-6-11/h2-7H,8-9,15H2,1H3,(H,16,17). The maximum absolute atomic E-state index is 11.7. The zero-order chi connectivity index (χ0) is 12.3. The van der Waals surface area contributed by atoms with Crippen LogP contribution in [0.2, 0.25) is 0 Å².